The number of fused-ring (bicyclic) bond motifs is 1. The van der Waals surface area contributed by atoms with Crippen LogP contribution in [0.5, 0.6) is 0 Å². The fourth-order valence-corrected chi connectivity index (χ4v) is 5.21. The topological polar surface area (TPSA) is 158 Å². The SMILES string of the molecule is CCOCC(COCC)OC(=O)C1=CCS[C@H]2C(NC(=O)C(=NOC)c3csc(NC=O)n3)C(=O)N12. The number of carbonyl (C=O) groups is 4. The van der Waals surface area contributed by atoms with Crippen LogP contribution in [0.2, 0.25) is 0 Å². The molecule has 15 heteroatoms. The van der Waals surface area contributed by atoms with Gasteiger partial charge < -0.3 is 29.7 Å². The molecule has 0 saturated carbocycles. The van der Waals surface area contributed by atoms with E-state index < -0.39 is 35.3 Å². The molecule has 36 heavy (non-hydrogen) atoms. The molecule has 0 bridgehead atoms. The first-order chi connectivity index (χ1) is 17.4. The van der Waals surface area contributed by atoms with Crippen LogP contribution in [-0.2, 0) is 38.2 Å². The van der Waals surface area contributed by atoms with Crippen LogP contribution in [0.15, 0.2) is 22.3 Å². The summed E-state index contributed by atoms with van der Waals surface area (Å²) in [6.07, 6.45) is 1.46. The third-order valence-corrected chi connectivity index (χ3v) is 6.92. The Morgan fingerprint density at radius 3 is 2.67 bits per heavy atom. The highest BCUT2D eigenvalue weighted by Gasteiger charge is 2.53. The number of hydrogen-bond donors (Lipinski definition) is 2. The summed E-state index contributed by atoms with van der Waals surface area (Å²) < 4.78 is 16.3. The highest BCUT2D eigenvalue weighted by Crippen LogP contribution is 2.38. The molecule has 3 heterocycles. The number of thioether (sulfide) groups is 1. The van der Waals surface area contributed by atoms with Gasteiger partial charge in [0.1, 0.15) is 36.0 Å². The molecule has 13 nitrogen and oxygen atoms in total. The minimum atomic E-state index is -0.894. The molecule has 0 radical (unpaired) electrons. The van der Waals surface area contributed by atoms with Crippen molar-refractivity contribution < 1.29 is 38.2 Å². The van der Waals surface area contributed by atoms with Crippen LogP contribution < -0.4 is 10.6 Å². The molecule has 0 aliphatic carbocycles. The Balaban J connectivity index is 1.66. The molecular weight excluding hydrogens is 514 g/mol. The number of amides is 3. The standard InChI is InChI=1S/C21H27N5O8S2/c1-4-32-8-12(9-33-5-2)34-20(30)14-6-7-35-19-16(18(29)26(14)19)24-17(28)15(25-31-3)13-10-36-21(23-13)22-11-27/h6,10-12,16,19H,4-5,7-9H2,1-3H3,(H,24,28)(H,22,23,27)/t16?,19-/m0/s1. The number of esters is 1. The third kappa shape index (κ3) is 6.40. The van der Waals surface area contributed by atoms with E-state index in [2.05, 4.69) is 20.8 Å². The summed E-state index contributed by atoms with van der Waals surface area (Å²) in [7, 11) is 1.27. The minimum Gasteiger partial charge on any atom is -0.453 e. The monoisotopic (exact) mass is 541 g/mol. The molecule has 1 fully saturated rings. The van der Waals surface area contributed by atoms with E-state index in [-0.39, 0.29) is 35.4 Å². The summed E-state index contributed by atoms with van der Waals surface area (Å²) in [6, 6.07) is -0.894. The molecule has 2 aliphatic rings. The summed E-state index contributed by atoms with van der Waals surface area (Å²) in [5.41, 5.74) is 0.120. The summed E-state index contributed by atoms with van der Waals surface area (Å²) >= 11 is 2.48. The first-order valence-electron chi connectivity index (χ1n) is 11.0. The van der Waals surface area contributed by atoms with Crippen LogP contribution in [-0.4, -0.2) is 96.6 Å². The molecule has 1 aromatic heterocycles. The van der Waals surface area contributed by atoms with Gasteiger partial charge in [-0.25, -0.2) is 9.78 Å². The number of anilines is 1. The van der Waals surface area contributed by atoms with E-state index in [9.17, 15) is 19.2 Å². The van der Waals surface area contributed by atoms with Crippen LogP contribution in [0.4, 0.5) is 5.13 Å². The van der Waals surface area contributed by atoms with Crippen molar-refractivity contribution in [3.8, 4) is 0 Å². The van der Waals surface area contributed by atoms with E-state index >= 15 is 0 Å². The Morgan fingerprint density at radius 2 is 2.03 bits per heavy atom. The van der Waals surface area contributed by atoms with Crippen molar-refractivity contribution in [2.24, 2.45) is 5.16 Å². The van der Waals surface area contributed by atoms with Gasteiger partial charge in [0, 0.05) is 24.3 Å². The van der Waals surface area contributed by atoms with Crippen molar-refractivity contribution in [2.75, 3.05) is 44.6 Å². The first-order valence-corrected chi connectivity index (χ1v) is 13.0. The Hall–Kier alpha value is -3.01. The van der Waals surface area contributed by atoms with Gasteiger partial charge in [-0.3, -0.25) is 19.3 Å². The lowest BCUT2D eigenvalue weighted by atomic mass is 10.0. The zero-order chi connectivity index (χ0) is 26.1. The first kappa shape index (κ1) is 27.6. The van der Waals surface area contributed by atoms with E-state index in [1.165, 1.54) is 29.2 Å². The number of aromatic nitrogens is 1. The molecule has 2 atom stereocenters. The molecule has 2 N–H and O–H groups in total. The second-order valence-electron chi connectivity index (χ2n) is 7.24. The molecular formula is C21H27N5O8S2. The number of nitrogens with zero attached hydrogens (tertiary/aromatic N) is 3. The van der Waals surface area contributed by atoms with E-state index in [1.807, 2.05) is 13.8 Å². The largest absolute Gasteiger partial charge is 0.453 e. The maximum Gasteiger partial charge on any atom is 0.355 e. The summed E-state index contributed by atoms with van der Waals surface area (Å²) in [5, 5.41) is 10.0. The maximum absolute atomic E-state index is 12.9. The summed E-state index contributed by atoms with van der Waals surface area (Å²) in [4.78, 5) is 59.6. The average molecular weight is 542 g/mol. The highest BCUT2D eigenvalue weighted by molar-refractivity contribution is 8.00. The van der Waals surface area contributed by atoms with Crippen LogP contribution in [0.25, 0.3) is 0 Å². The normalized spacial score (nSPS) is 19.2. The zero-order valence-corrected chi connectivity index (χ0v) is 21.6. The minimum absolute atomic E-state index is 0.113. The molecule has 1 aromatic rings. The third-order valence-electron chi connectivity index (χ3n) is 4.96. The van der Waals surface area contributed by atoms with E-state index in [0.29, 0.717) is 25.4 Å². The number of ether oxygens (including phenoxy) is 3. The Labute approximate surface area is 215 Å². The van der Waals surface area contributed by atoms with Gasteiger partial charge in [0.2, 0.25) is 6.41 Å². The number of nitrogens with one attached hydrogen (secondary N) is 2. The van der Waals surface area contributed by atoms with E-state index in [0.717, 1.165) is 11.3 Å². The molecule has 1 saturated heterocycles. The highest BCUT2D eigenvalue weighted by atomic mass is 32.2. The lowest BCUT2D eigenvalue weighted by Gasteiger charge is -2.48. The van der Waals surface area contributed by atoms with Gasteiger partial charge in [-0.1, -0.05) is 5.16 Å². The van der Waals surface area contributed by atoms with Gasteiger partial charge >= 0.3 is 5.97 Å². The Morgan fingerprint density at radius 1 is 1.31 bits per heavy atom. The van der Waals surface area contributed by atoms with Crippen molar-refractivity contribution in [1.82, 2.24) is 15.2 Å². The van der Waals surface area contributed by atoms with Crippen molar-refractivity contribution in [1.29, 1.82) is 0 Å². The van der Waals surface area contributed by atoms with Crippen molar-refractivity contribution >= 4 is 58.1 Å². The van der Waals surface area contributed by atoms with Crippen LogP contribution in [0, 0.1) is 0 Å². The number of carbonyl (C=O) groups excluding carboxylic acids is 4. The lowest BCUT2D eigenvalue weighted by Crippen LogP contribution is -2.70. The van der Waals surface area contributed by atoms with Crippen LogP contribution in [0.3, 0.4) is 0 Å². The Bertz CT molecular complexity index is 1020. The molecule has 0 spiro atoms. The quantitative estimate of drug-likeness (QED) is 0.111. The number of oxime groups is 1. The average Bonchev–Trinajstić information content (AvgIpc) is 3.34. The number of β-lactam (4-membered cyclic amide) rings is 1. The zero-order valence-electron chi connectivity index (χ0n) is 19.9. The van der Waals surface area contributed by atoms with Crippen molar-refractivity contribution in [2.45, 2.75) is 31.4 Å². The number of rotatable bonds is 14. The van der Waals surface area contributed by atoms with Crippen LogP contribution in [0.1, 0.15) is 19.5 Å². The van der Waals surface area contributed by atoms with Gasteiger partial charge in [0.15, 0.2) is 10.8 Å². The molecule has 2 aliphatic heterocycles. The smallest absolute Gasteiger partial charge is 0.355 e. The maximum atomic E-state index is 12.9. The second-order valence-corrected chi connectivity index (χ2v) is 9.25. The molecule has 3 rings (SSSR count). The Kier molecular flexibility index (Phi) is 10.2. The van der Waals surface area contributed by atoms with Crippen LogP contribution >= 0.6 is 23.1 Å². The van der Waals surface area contributed by atoms with Gasteiger partial charge in [0.25, 0.3) is 11.8 Å². The van der Waals surface area contributed by atoms with E-state index in [4.69, 9.17) is 19.0 Å². The molecule has 3 amide bonds. The second kappa shape index (κ2) is 13.3. The fourth-order valence-electron chi connectivity index (χ4n) is 3.36. The summed E-state index contributed by atoms with van der Waals surface area (Å²) in [6.45, 7) is 4.91. The van der Waals surface area contributed by atoms with Gasteiger partial charge in [-0.2, -0.15) is 0 Å². The molecule has 196 valence electrons. The molecule has 0 aromatic carbocycles. The summed E-state index contributed by atoms with van der Waals surface area (Å²) in [5.74, 6) is -1.38. The predicted octanol–water partition coefficient (Wildman–Crippen LogP) is 0.331. The fraction of sp³-hybridized carbons (Fsp3) is 0.524. The van der Waals surface area contributed by atoms with Crippen molar-refractivity contribution in [3.63, 3.8) is 0 Å². The van der Waals surface area contributed by atoms with E-state index in [1.54, 1.807) is 6.08 Å². The van der Waals surface area contributed by atoms with Gasteiger partial charge in [-0.05, 0) is 19.9 Å². The lowest BCUT2D eigenvalue weighted by molar-refractivity contribution is -0.159. The molecule has 1 unspecified atom stereocenters. The predicted molar refractivity (Wildman–Crippen MR) is 131 cm³/mol. The van der Waals surface area contributed by atoms with Gasteiger partial charge in [-0.15, -0.1) is 23.1 Å². The van der Waals surface area contributed by atoms with Crippen molar-refractivity contribution in [3.05, 3.63) is 22.8 Å². The van der Waals surface area contributed by atoms with Gasteiger partial charge in [0.05, 0.1) is 13.2 Å². The number of hydrogen-bond acceptors (Lipinski definition) is 12. The number of thiazole rings is 1.